The van der Waals surface area contributed by atoms with Crippen molar-refractivity contribution in [3.8, 4) is 5.75 Å². The SMILES string of the molecule is CC(c1ccccc1)N1CCC(NC(=O)COc2ccc(I)cc2)C1. The van der Waals surface area contributed by atoms with Crippen molar-refractivity contribution in [2.45, 2.75) is 25.4 Å². The van der Waals surface area contributed by atoms with Crippen LogP contribution in [0.25, 0.3) is 0 Å². The summed E-state index contributed by atoms with van der Waals surface area (Å²) < 4.78 is 6.69. The minimum atomic E-state index is -0.0576. The summed E-state index contributed by atoms with van der Waals surface area (Å²) in [5, 5.41) is 3.09. The lowest BCUT2D eigenvalue weighted by molar-refractivity contribution is -0.123. The van der Waals surface area contributed by atoms with Gasteiger partial charge in [0.2, 0.25) is 0 Å². The van der Waals surface area contributed by atoms with Crippen molar-refractivity contribution in [3.63, 3.8) is 0 Å². The van der Waals surface area contributed by atoms with E-state index < -0.39 is 0 Å². The third-order valence-electron chi connectivity index (χ3n) is 4.60. The molecule has 0 aromatic heterocycles. The highest BCUT2D eigenvalue weighted by Gasteiger charge is 2.27. The molecule has 2 unspecified atom stereocenters. The molecular formula is C20H23IN2O2. The second-order valence-electron chi connectivity index (χ2n) is 6.38. The average Bonchev–Trinajstić information content (AvgIpc) is 3.10. The van der Waals surface area contributed by atoms with Crippen LogP contribution >= 0.6 is 22.6 Å². The zero-order valence-corrected chi connectivity index (χ0v) is 16.5. The molecule has 2 aromatic rings. The van der Waals surface area contributed by atoms with Crippen molar-refractivity contribution in [1.82, 2.24) is 10.2 Å². The molecule has 0 aliphatic carbocycles. The molecule has 1 saturated heterocycles. The molecule has 132 valence electrons. The van der Waals surface area contributed by atoms with E-state index in [9.17, 15) is 4.79 Å². The van der Waals surface area contributed by atoms with Crippen LogP contribution in [0.4, 0.5) is 0 Å². The van der Waals surface area contributed by atoms with Gasteiger partial charge in [0.25, 0.3) is 5.91 Å². The minimum Gasteiger partial charge on any atom is -0.484 e. The molecule has 1 N–H and O–H groups in total. The van der Waals surface area contributed by atoms with Gasteiger partial charge in [0.05, 0.1) is 0 Å². The largest absolute Gasteiger partial charge is 0.484 e. The summed E-state index contributed by atoms with van der Waals surface area (Å²) in [4.78, 5) is 14.5. The highest BCUT2D eigenvalue weighted by Crippen LogP contribution is 2.24. The highest BCUT2D eigenvalue weighted by molar-refractivity contribution is 14.1. The first-order chi connectivity index (χ1) is 12.1. The molecule has 1 aliphatic rings. The number of nitrogens with zero attached hydrogens (tertiary/aromatic N) is 1. The first-order valence-electron chi connectivity index (χ1n) is 8.58. The molecule has 3 rings (SSSR count). The number of hydrogen-bond acceptors (Lipinski definition) is 3. The van der Waals surface area contributed by atoms with E-state index in [2.05, 4.69) is 64.0 Å². The topological polar surface area (TPSA) is 41.6 Å². The predicted molar refractivity (Wildman–Crippen MR) is 108 cm³/mol. The van der Waals surface area contributed by atoms with Crippen LogP contribution in [0.5, 0.6) is 5.75 Å². The summed E-state index contributed by atoms with van der Waals surface area (Å²) in [6, 6.07) is 18.8. The van der Waals surface area contributed by atoms with Gasteiger partial charge in [-0.15, -0.1) is 0 Å². The number of nitrogens with one attached hydrogen (secondary N) is 1. The fourth-order valence-electron chi connectivity index (χ4n) is 3.15. The van der Waals surface area contributed by atoms with E-state index in [-0.39, 0.29) is 18.6 Å². The lowest BCUT2D eigenvalue weighted by Crippen LogP contribution is -2.40. The van der Waals surface area contributed by atoms with Crippen molar-refractivity contribution >= 4 is 28.5 Å². The molecule has 2 atom stereocenters. The van der Waals surface area contributed by atoms with Gasteiger partial charge in [-0.1, -0.05) is 30.3 Å². The first-order valence-corrected chi connectivity index (χ1v) is 9.66. The maximum Gasteiger partial charge on any atom is 0.258 e. The molecule has 1 aliphatic heterocycles. The number of carbonyl (C=O) groups is 1. The van der Waals surface area contributed by atoms with E-state index in [1.165, 1.54) is 5.56 Å². The van der Waals surface area contributed by atoms with Crippen LogP contribution < -0.4 is 10.1 Å². The fourth-order valence-corrected chi connectivity index (χ4v) is 3.51. The molecule has 2 aromatic carbocycles. The molecule has 1 heterocycles. The van der Waals surface area contributed by atoms with Crippen molar-refractivity contribution in [3.05, 3.63) is 63.7 Å². The quantitative estimate of drug-likeness (QED) is 0.684. The number of hydrogen-bond donors (Lipinski definition) is 1. The van der Waals surface area contributed by atoms with Gasteiger partial charge in [-0.2, -0.15) is 0 Å². The Morgan fingerprint density at radius 3 is 2.68 bits per heavy atom. The Bertz CT molecular complexity index is 691. The summed E-state index contributed by atoms with van der Waals surface area (Å²) >= 11 is 2.24. The number of ether oxygens (including phenoxy) is 1. The lowest BCUT2D eigenvalue weighted by atomic mass is 10.1. The summed E-state index contributed by atoms with van der Waals surface area (Å²) in [7, 11) is 0. The van der Waals surface area contributed by atoms with E-state index in [4.69, 9.17) is 4.74 Å². The normalized spacial score (nSPS) is 18.7. The van der Waals surface area contributed by atoms with Crippen LogP contribution in [0.15, 0.2) is 54.6 Å². The van der Waals surface area contributed by atoms with Crippen LogP contribution in [0.2, 0.25) is 0 Å². The van der Waals surface area contributed by atoms with Crippen LogP contribution in [0.3, 0.4) is 0 Å². The summed E-state index contributed by atoms with van der Waals surface area (Å²) in [6.45, 7) is 4.16. The molecule has 1 fully saturated rings. The van der Waals surface area contributed by atoms with E-state index in [0.717, 1.165) is 28.8 Å². The van der Waals surface area contributed by atoms with Crippen molar-refractivity contribution < 1.29 is 9.53 Å². The average molecular weight is 450 g/mol. The molecule has 0 bridgehead atoms. The Morgan fingerprint density at radius 2 is 1.96 bits per heavy atom. The number of likely N-dealkylation sites (tertiary alicyclic amines) is 1. The zero-order valence-electron chi connectivity index (χ0n) is 14.3. The smallest absolute Gasteiger partial charge is 0.258 e. The van der Waals surface area contributed by atoms with Crippen LogP contribution in [-0.4, -0.2) is 36.5 Å². The molecule has 4 nitrogen and oxygen atoms in total. The van der Waals surface area contributed by atoms with E-state index in [1.807, 2.05) is 30.3 Å². The van der Waals surface area contributed by atoms with E-state index in [1.54, 1.807) is 0 Å². The Kier molecular flexibility index (Phi) is 6.31. The Morgan fingerprint density at radius 1 is 1.24 bits per heavy atom. The van der Waals surface area contributed by atoms with Gasteiger partial charge in [0.15, 0.2) is 6.61 Å². The standard InChI is InChI=1S/C20H23IN2O2/c1-15(16-5-3-2-4-6-16)23-12-11-18(13-23)22-20(24)14-25-19-9-7-17(21)8-10-19/h2-10,15,18H,11-14H2,1H3,(H,22,24). The zero-order chi connectivity index (χ0) is 17.6. The third kappa shape index (κ3) is 5.19. The fraction of sp³-hybridized carbons (Fsp3) is 0.350. The van der Waals surface area contributed by atoms with Gasteiger partial charge in [-0.25, -0.2) is 0 Å². The predicted octanol–water partition coefficient (Wildman–Crippen LogP) is 3.62. The molecule has 5 heteroatoms. The number of rotatable bonds is 6. The molecule has 0 radical (unpaired) electrons. The molecule has 0 spiro atoms. The Labute approximate surface area is 162 Å². The van der Waals surface area contributed by atoms with E-state index in [0.29, 0.717) is 6.04 Å². The highest BCUT2D eigenvalue weighted by atomic mass is 127. The first kappa shape index (κ1) is 18.2. The Balaban J connectivity index is 1.44. The maximum absolute atomic E-state index is 12.1. The molecular weight excluding hydrogens is 427 g/mol. The minimum absolute atomic E-state index is 0.0576. The van der Waals surface area contributed by atoms with Crippen molar-refractivity contribution in [2.75, 3.05) is 19.7 Å². The second kappa shape index (κ2) is 8.67. The third-order valence-corrected chi connectivity index (χ3v) is 5.32. The number of amides is 1. The van der Waals surface area contributed by atoms with Crippen LogP contribution in [-0.2, 0) is 4.79 Å². The van der Waals surface area contributed by atoms with Gasteiger partial charge in [-0.3, -0.25) is 9.69 Å². The summed E-state index contributed by atoms with van der Waals surface area (Å²) in [5.41, 5.74) is 1.32. The monoisotopic (exact) mass is 450 g/mol. The number of carbonyl (C=O) groups excluding carboxylic acids is 1. The van der Waals surface area contributed by atoms with Gasteiger partial charge in [0, 0.05) is 28.7 Å². The number of halogens is 1. The summed E-state index contributed by atoms with van der Waals surface area (Å²) in [6.07, 6.45) is 0.979. The molecule has 0 saturated carbocycles. The van der Waals surface area contributed by atoms with Crippen molar-refractivity contribution in [2.24, 2.45) is 0 Å². The second-order valence-corrected chi connectivity index (χ2v) is 7.62. The van der Waals surface area contributed by atoms with Crippen LogP contribution in [0.1, 0.15) is 24.9 Å². The van der Waals surface area contributed by atoms with Crippen molar-refractivity contribution in [1.29, 1.82) is 0 Å². The molecule has 1 amide bonds. The van der Waals surface area contributed by atoms with Gasteiger partial charge >= 0.3 is 0 Å². The lowest BCUT2D eigenvalue weighted by Gasteiger charge is -2.24. The number of benzene rings is 2. The maximum atomic E-state index is 12.1. The van der Waals surface area contributed by atoms with Gasteiger partial charge < -0.3 is 10.1 Å². The van der Waals surface area contributed by atoms with E-state index >= 15 is 0 Å². The van der Waals surface area contributed by atoms with Gasteiger partial charge in [-0.05, 0) is 65.8 Å². The Hall–Kier alpha value is -1.60. The molecule has 25 heavy (non-hydrogen) atoms. The van der Waals surface area contributed by atoms with Gasteiger partial charge in [0.1, 0.15) is 5.75 Å². The van der Waals surface area contributed by atoms with Crippen LogP contribution in [0, 0.1) is 3.57 Å². The summed E-state index contributed by atoms with van der Waals surface area (Å²) in [5.74, 6) is 0.666.